The molecule has 1 saturated carbocycles. The Balaban J connectivity index is 2.35. The molecule has 0 aromatic rings. The minimum atomic E-state index is -0.646. The van der Waals surface area contributed by atoms with Gasteiger partial charge in [-0.2, -0.15) is 0 Å². The van der Waals surface area contributed by atoms with Crippen LogP contribution in [0.15, 0.2) is 0 Å². The first-order chi connectivity index (χ1) is 8.50. The van der Waals surface area contributed by atoms with Crippen molar-refractivity contribution in [2.24, 2.45) is 5.92 Å². The van der Waals surface area contributed by atoms with Crippen molar-refractivity contribution in [3.05, 3.63) is 0 Å². The summed E-state index contributed by atoms with van der Waals surface area (Å²) in [5, 5.41) is 13.8. The molecule has 106 valence electrons. The molecule has 0 aliphatic heterocycles. The van der Waals surface area contributed by atoms with Crippen LogP contribution in [-0.4, -0.2) is 35.9 Å². The van der Waals surface area contributed by atoms with Crippen molar-refractivity contribution in [3.63, 3.8) is 0 Å². The molecule has 1 unspecified atom stereocenters. The van der Waals surface area contributed by atoms with Gasteiger partial charge in [0.2, 0.25) is 0 Å². The van der Waals surface area contributed by atoms with Crippen LogP contribution in [0, 0.1) is 5.92 Å². The first kappa shape index (κ1) is 15.4. The molecule has 0 saturated heterocycles. The number of carbonyl (C=O) groups excluding carboxylic acids is 1. The van der Waals surface area contributed by atoms with Gasteiger partial charge in [-0.3, -0.25) is 4.79 Å². The molecule has 0 radical (unpaired) electrons. The average molecular weight is 257 g/mol. The molecular formula is C14H27NO3. The van der Waals surface area contributed by atoms with E-state index >= 15 is 0 Å². The number of ether oxygens (including phenoxy) is 1. The van der Waals surface area contributed by atoms with Gasteiger partial charge in [0.1, 0.15) is 0 Å². The lowest BCUT2D eigenvalue weighted by Crippen LogP contribution is -2.46. The van der Waals surface area contributed by atoms with E-state index in [1.54, 1.807) is 0 Å². The molecule has 1 aliphatic carbocycles. The SMILES string of the molecule is CCOC(=O)C1CCC(O)(CNC(C)CC)CC1. The third kappa shape index (κ3) is 4.58. The highest BCUT2D eigenvalue weighted by atomic mass is 16.5. The zero-order valence-corrected chi connectivity index (χ0v) is 11.9. The molecule has 1 atom stereocenters. The molecule has 1 rings (SSSR count). The summed E-state index contributed by atoms with van der Waals surface area (Å²) in [7, 11) is 0. The fourth-order valence-corrected chi connectivity index (χ4v) is 2.34. The van der Waals surface area contributed by atoms with E-state index in [0.29, 0.717) is 32.0 Å². The Morgan fingerprint density at radius 1 is 1.44 bits per heavy atom. The van der Waals surface area contributed by atoms with Crippen molar-refractivity contribution in [2.75, 3.05) is 13.2 Å². The van der Waals surface area contributed by atoms with Crippen LogP contribution in [0.4, 0.5) is 0 Å². The molecule has 0 heterocycles. The summed E-state index contributed by atoms with van der Waals surface area (Å²) in [6, 6.07) is 0.428. The van der Waals surface area contributed by atoms with Gasteiger partial charge in [-0.25, -0.2) is 0 Å². The van der Waals surface area contributed by atoms with Gasteiger partial charge >= 0.3 is 5.97 Å². The third-order valence-corrected chi connectivity index (χ3v) is 3.93. The van der Waals surface area contributed by atoms with E-state index in [0.717, 1.165) is 19.3 Å². The van der Waals surface area contributed by atoms with Gasteiger partial charge in [-0.1, -0.05) is 6.92 Å². The quantitative estimate of drug-likeness (QED) is 0.713. The molecule has 0 spiro atoms. The summed E-state index contributed by atoms with van der Waals surface area (Å²) in [6.45, 7) is 7.13. The van der Waals surface area contributed by atoms with Gasteiger partial charge in [0.05, 0.1) is 18.1 Å². The number of esters is 1. The van der Waals surface area contributed by atoms with E-state index in [1.807, 2.05) is 6.92 Å². The average Bonchev–Trinajstić information content (AvgIpc) is 2.37. The highest BCUT2D eigenvalue weighted by Gasteiger charge is 2.36. The van der Waals surface area contributed by atoms with Crippen molar-refractivity contribution in [2.45, 2.75) is 64.5 Å². The summed E-state index contributed by atoms with van der Waals surface area (Å²) >= 11 is 0. The highest BCUT2D eigenvalue weighted by molar-refractivity contribution is 5.72. The van der Waals surface area contributed by atoms with E-state index in [2.05, 4.69) is 19.2 Å². The maximum absolute atomic E-state index is 11.6. The predicted molar refractivity (Wildman–Crippen MR) is 71.3 cm³/mol. The summed E-state index contributed by atoms with van der Waals surface area (Å²) in [5.74, 6) is -0.122. The Hall–Kier alpha value is -0.610. The van der Waals surface area contributed by atoms with Crippen LogP contribution in [0.25, 0.3) is 0 Å². The summed E-state index contributed by atoms with van der Waals surface area (Å²) in [6.07, 6.45) is 3.89. The minimum absolute atomic E-state index is 0.0196. The number of nitrogens with one attached hydrogen (secondary N) is 1. The second kappa shape index (κ2) is 7.10. The normalized spacial score (nSPS) is 29.9. The van der Waals surface area contributed by atoms with Crippen LogP contribution in [-0.2, 0) is 9.53 Å². The van der Waals surface area contributed by atoms with Gasteiger partial charge < -0.3 is 15.2 Å². The van der Waals surface area contributed by atoms with Crippen molar-refractivity contribution < 1.29 is 14.6 Å². The van der Waals surface area contributed by atoms with Gasteiger partial charge in [-0.05, 0) is 46.0 Å². The Morgan fingerprint density at radius 2 is 2.06 bits per heavy atom. The molecule has 4 nitrogen and oxygen atoms in total. The van der Waals surface area contributed by atoms with Gasteiger partial charge in [0, 0.05) is 12.6 Å². The maximum atomic E-state index is 11.6. The Labute approximate surface area is 110 Å². The van der Waals surface area contributed by atoms with Crippen LogP contribution in [0.5, 0.6) is 0 Å². The zero-order chi connectivity index (χ0) is 13.6. The van der Waals surface area contributed by atoms with Crippen LogP contribution in [0.2, 0.25) is 0 Å². The molecule has 0 aromatic heterocycles. The molecule has 1 fully saturated rings. The highest BCUT2D eigenvalue weighted by Crippen LogP contribution is 2.32. The molecule has 0 aromatic carbocycles. The maximum Gasteiger partial charge on any atom is 0.308 e. The first-order valence-corrected chi connectivity index (χ1v) is 7.13. The van der Waals surface area contributed by atoms with Gasteiger partial charge in [0.25, 0.3) is 0 Å². The smallest absolute Gasteiger partial charge is 0.308 e. The molecule has 1 aliphatic rings. The lowest BCUT2D eigenvalue weighted by atomic mass is 9.78. The predicted octanol–water partition coefficient (Wildman–Crippen LogP) is 1.86. The summed E-state index contributed by atoms with van der Waals surface area (Å²) in [5.41, 5.74) is -0.646. The number of hydrogen-bond donors (Lipinski definition) is 2. The van der Waals surface area contributed by atoms with Crippen LogP contribution in [0.1, 0.15) is 52.9 Å². The van der Waals surface area contributed by atoms with E-state index in [4.69, 9.17) is 4.74 Å². The fraction of sp³-hybridized carbons (Fsp3) is 0.929. The molecule has 4 heteroatoms. The van der Waals surface area contributed by atoms with Crippen molar-refractivity contribution in [3.8, 4) is 0 Å². The molecule has 18 heavy (non-hydrogen) atoms. The molecule has 0 bridgehead atoms. The second-order valence-electron chi connectivity index (χ2n) is 5.44. The first-order valence-electron chi connectivity index (χ1n) is 7.13. The number of aliphatic hydroxyl groups is 1. The standard InChI is InChI=1S/C14H27NO3/c1-4-11(3)15-10-14(17)8-6-12(7-9-14)13(16)18-5-2/h11-12,15,17H,4-10H2,1-3H3. The molecular weight excluding hydrogens is 230 g/mol. The largest absolute Gasteiger partial charge is 0.466 e. The summed E-state index contributed by atoms with van der Waals surface area (Å²) in [4.78, 5) is 11.6. The Bertz CT molecular complexity index is 260. The molecule has 2 N–H and O–H groups in total. The number of rotatable bonds is 6. The van der Waals surface area contributed by atoms with Gasteiger partial charge in [0.15, 0.2) is 0 Å². The Kier molecular flexibility index (Phi) is 6.09. The van der Waals surface area contributed by atoms with E-state index in [9.17, 15) is 9.90 Å². The van der Waals surface area contributed by atoms with Crippen LogP contribution < -0.4 is 5.32 Å². The number of hydrogen-bond acceptors (Lipinski definition) is 4. The minimum Gasteiger partial charge on any atom is -0.466 e. The van der Waals surface area contributed by atoms with Crippen molar-refractivity contribution in [1.82, 2.24) is 5.32 Å². The lowest BCUT2D eigenvalue weighted by molar-refractivity contribution is -0.151. The van der Waals surface area contributed by atoms with E-state index in [-0.39, 0.29) is 11.9 Å². The Morgan fingerprint density at radius 3 is 2.56 bits per heavy atom. The molecule has 0 amide bonds. The van der Waals surface area contributed by atoms with Crippen molar-refractivity contribution >= 4 is 5.97 Å². The summed E-state index contributed by atoms with van der Waals surface area (Å²) < 4.78 is 5.03. The van der Waals surface area contributed by atoms with Crippen molar-refractivity contribution in [1.29, 1.82) is 0 Å². The van der Waals surface area contributed by atoms with Crippen LogP contribution in [0.3, 0.4) is 0 Å². The number of carbonyl (C=O) groups is 1. The second-order valence-corrected chi connectivity index (χ2v) is 5.44. The topological polar surface area (TPSA) is 58.6 Å². The van der Waals surface area contributed by atoms with E-state index in [1.165, 1.54) is 0 Å². The van der Waals surface area contributed by atoms with E-state index < -0.39 is 5.60 Å². The zero-order valence-electron chi connectivity index (χ0n) is 11.9. The van der Waals surface area contributed by atoms with Gasteiger partial charge in [-0.15, -0.1) is 0 Å². The third-order valence-electron chi connectivity index (χ3n) is 3.93. The fourth-order valence-electron chi connectivity index (χ4n) is 2.34. The monoisotopic (exact) mass is 257 g/mol. The lowest BCUT2D eigenvalue weighted by Gasteiger charge is -2.36. The van der Waals surface area contributed by atoms with Crippen LogP contribution >= 0.6 is 0 Å².